The smallest absolute Gasteiger partial charge is 0.157 e. The Morgan fingerprint density at radius 3 is 2.53 bits per heavy atom. The minimum Gasteiger partial charge on any atom is -0.338 e. The molecule has 3 aromatic rings. The molecule has 0 saturated heterocycles. The van der Waals surface area contributed by atoms with Crippen LogP contribution >= 0.6 is 0 Å². The van der Waals surface area contributed by atoms with E-state index in [2.05, 4.69) is 79.1 Å². The molecule has 0 saturated carbocycles. The first-order chi connectivity index (χ1) is 17.6. The summed E-state index contributed by atoms with van der Waals surface area (Å²) in [6, 6.07) is 16.7. The largest absolute Gasteiger partial charge is 0.338 e. The van der Waals surface area contributed by atoms with Gasteiger partial charge in [-0.3, -0.25) is 4.99 Å². The average Bonchev–Trinajstić information content (AvgIpc) is 3.19. The van der Waals surface area contributed by atoms with Crippen LogP contribution in [-0.2, 0) is 0 Å². The minimum atomic E-state index is -0.158. The van der Waals surface area contributed by atoms with Crippen molar-refractivity contribution in [1.82, 2.24) is 10.3 Å². The first kappa shape index (κ1) is 25.8. The Bertz CT molecular complexity index is 1230. The van der Waals surface area contributed by atoms with E-state index in [1.807, 2.05) is 25.3 Å². The molecule has 1 atom stereocenters. The predicted octanol–water partition coefficient (Wildman–Crippen LogP) is 7.42. The van der Waals surface area contributed by atoms with Gasteiger partial charge in [-0.25, -0.2) is 4.98 Å². The van der Waals surface area contributed by atoms with Gasteiger partial charge in [-0.05, 0) is 81.3 Å². The number of aromatic nitrogens is 1. The number of aliphatic imine (C=N–C) groups is 1. The van der Waals surface area contributed by atoms with Crippen molar-refractivity contribution >= 4 is 39.9 Å². The topological polar surface area (TPSA) is 75.3 Å². The number of allylic oxidation sites excluding steroid dienone is 2. The van der Waals surface area contributed by atoms with Crippen LogP contribution in [0.5, 0.6) is 0 Å². The van der Waals surface area contributed by atoms with Crippen molar-refractivity contribution in [2.45, 2.75) is 58.5 Å². The highest BCUT2D eigenvalue weighted by atomic mass is 15.0. The molecule has 0 aliphatic heterocycles. The fourth-order valence-corrected chi connectivity index (χ4v) is 4.78. The molecule has 5 nitrogen and oxygen atoms in total. The molecule has 1 aliphatic rings. The van der Waals surface area contributed by atoms with E-state index in [0.717, 1.165) is 59.3 Å². The van der Waals surface area contributed by atoms with E-state index in [1.54, 1.807) is 0 Å². The lowest BCUT2D eigenvalue weighted by molar-refractivity contribution is 0.591. The number of hydrogen-bond donors (Lipinski definition) is 3. The van der Waals surface area contributed by atoms with E-state index in [0.29, 0.717) is 5.92 Å². The predicted molar refractivity (Wildman–Crippen MR) is 155 cm³/mol. The fourth-order valence-electron chi connectivity index (χ4n) is 4.78. The normalized spacial score (nSPS) is 15.9. The molecule has 0 amide bonds. The number of nitrogens with one attached hydrogen (secondary N) is 2. The third kappa shape index (κ3) is 6.48. The fraction of sp³-hybridized carbons (Fsp3) is 0.355. The molecule has 1 unspecified atom stereocenters. The van der Waals surface area contributed by atoms with Gasteiger partial charge in [0, 0.05) is 16.8 Å². The van der Waals surface area contributed by atoms with E-state index < -0.39 is 0 Å². The molecule has 4 N–H and O–H groups in total. The highest BCUT2D eigenvalue weighted by molar-refractivity contribution is 5.96. The van der Waals surface area contributed by atoms with Gasteiger partial charge in [0.15, 0.2) is 5.82 Å². The third-order valence-corrected chi connectivity index (χ3v) is 6.89. The molecule has 0 radical (unpaired) electrons. The molecule has 2 aromatic carbocycles. The zero-order valence-electron chi connectivity index (χ0n) is 21.8. The molecular formula is C31H39N5. The monoisotopic (exact) mass is 481 g/mol. The second-order valence-corrected chi connectivity index (χ2v) is 9.55. The molecule has 0 bridgehead atoms. The van der Waals surface area contributed by atoms with Crippen molar-refractivity contribution in [3.8, 4) is 0 Å². The number of benzene rings is 2. The Hall–Kier alpha value is -3.28. The van der Waals surface area contributed by atoms with Crippen molar-refractivity contribution in [1.29, 1.82) is 0 Å². The number of para-hydroxylation sites is 1. The maximum absolute atomic E-state index is 5.92. The number of nitrogens with zero attached hydrogens (tertiary/aromatic N) is 2. The van der Waals surface area contributed by atoms with Gasteiger partial charge in [0.1, 0.15) is 5.69 Å². The Morgan fingerprint density at radius 1 is 1.11 bits per heavy atom. The van der Waals surface area contributed by atoms with Gasteiger partial charge < -0.3 is 16.4 Å². The van der Waals surface area contributed by atoms with Gasteiger partial charge in [0.25, 0.3) is 0 Å². The molecular weight excluding hydrogens is 442 g/mol. The van der Waals surface area contributed by atoms with Crippen LogP contribution in [0.2, 0.25) is 0 Å². The van der Waals surface area contributed by atoms with Crippen LogP contribution in [0.4, 0.5) is 17.2 Å². The maximum atomic E-state index is 5.92. The quantitative estimate of drug-likeness (QED) is 0.169. The van der Waals surface area contributed by atoms with E-state index in [1.165, 1.54) is 24.1 Å². The molecule has 36 heavy (non-hydrogen) atoms. The van der Waals surface area contributed by atoms with Crippen LogP contribution in [0.15, 0.2) is 71.8 Å². The summed E-state index contributed by atoms with van der Waals surface area (Å²) < 4.78 is 0. The van der Waals surface area contributed by atoms with Crippen molar-refractivity contribution in [2.24, 2.45) is 16.6 Å². The van der Waals surface area contributed by atoms with Gasteiger partial charge in [-0.1, -0.05) is 68.0 Å². The lowest BCUT2D eigenvalue weighted by atomic mass is 9.91. The molecule has 4 rings (SSSR count). The molecule has 0 spiro atoms. The van der Waals surface area contributed by atoms with Crippen LogP contribution in [0.1, 0.15) is 56.6 Å². The van der Waals surface area contributed by atoms with E-state index in [4.69, 9.17) is 15.7 Å². The molecule has 1 aliphatic carbocycles. The summed E-state index contributed by atoms with van der Waals surface area (Å²) in [5.41, 5.74) is 12.4. The van der Waals surface area contributed by atoms with E-state index in [-0.39, 0.29) is 6.17 Å². The molecule has 0 fully saturated rings. The number of rotatable bonds is 9. The average molecular weight is 482 g/mol. The lowest BCUT2D eigenvalue weighted by Gasteiger charge is -2.19. The number of nitrogens with two attached hydrogens (primary N) is 1. The summed E-state index contributed by atoms with van der Waals surface area (Å²) in [5.74, 6) is 1.33. The molecule has 1 heterocycles. The number of hydrogen-bond acceptors (Lipinski definition) is 5. The Kier molecular flexibility index (Phi) is 9.04. The summed E-state index contributed by atoms with van der Waals surface area (Å²) in [5, 5.41) is 7.75. The van der Waals surface area contributed by atoms with E-state index in [9.17, 15) is 0 Å². The summed E-state index contributed by atoms with van der Waals surface area (Å²) >= 11 is 0. The van der Waals surface area contributed by atoms with Crippen molar-refractivity contribution in [3.63, 3.8) is 0 Å². The maximum Gasteiger partial charge on any atom is 0.157 e. The summed E-state index contributed by atoms with van der Waals surface area (Å²) in [7, 11) is 1.85. The van der Waals surface area contributed by atoms with Crippen LogP contribution < -0.4 is 16.4 Å². The van der Waals surface area contributed by atoms with Crippen LogP contribution in [-0.4, -0.2) is 23.9 Å². The van der Waals surface area contributed by atoms with Gasteiger partial charge in [0.2, 0.25) is 0 Å². The first-order valence-corrected chi connectivity index (χ1v) is 13.2. The molecule has 5 heteroatoms. The van der Waals surface area contributed by atoms with Gasteiger partial charge in [-0.15, -0.1) is 0 Å². The second kappa shape index (κ2) is 12.6. The first-order valence-electron chi connectivity index (χ1n) is 13.2. The van der Waals surface area contributed by atoms with Crippen molar-refractivity contribution < 1.29 is 0 Å². The van der Waals surface area contributed by atoms with E-state index >= 15 is 0 Å². The standard InChI is InChI=1S/C31H39N5/c1-4-11-27(24-12-7-5-6-8-13-24)35-30-22(2)26-14-9-10-15-28(26)36-31(30)34-25-19-16-23(17-20-25)18-21-29(32)33-3/h5-6,9-10,14-21,24,29,33H,4,7-8,11-13,32H2,1-3H3,(H,34,36)/b21-18+,35-27+. The van der Waals surface area contributed by atoms with Crippen molar-refractivity contribution in [3.05, 3.63) is 77.9 Å². The number of anilines is 2. The minimum absolute atomic E-state index is 0.158. The lowest BCUT2D eigenvalue weighted by Crippen LogP contribution is -2.31. The highest BCUT2D eigenvalue weighted by Crippen LogP contribution is 2.36. The van der Waals surface area contributed by atoms with Gasteiger partial charge in [0.05, 0.1) is 11.7 Å². The number of aryl methyl sites for hydroxylation is 1. The summed E-state index contributed by atoms with van der Waals surface area (Å²) in [4.78, 5) is 10.4. The Labute approximate surface area is 215 Å². The Balaban J connectivity index is 1.71. The number of fused-ring (bicyclic) bond motifs is 1. The van der Waals surface area contributed by atoms with Crippen LogP contribution in [0, 0.1) is 12.8 Å². The zero-order valence-corrected chi connectivity index (χ0v) is 21.8. The van der Waals surface area contributed by atoms with Crippen molar-refractivity contribution in [2.75, 3.05) is 12.4 Å². The molecule has 188 valence electrons. The van der Waals surface area contributed by atoms with Gasteiger partial charge in [-0.2, -0.15) is 0 Å². The van der Waals surface area contributed by atoms with Crippen LogP contribution in [0.3, 0.4) is 0 Å². The number of likely N-dealkylation sites (N-methyl/N-ethyl adjacent to an activating group) is 1. The van der Waals surface area contributed by atoms with Crippen LogP contribution in [0.25, 0.3) is 17.0 Å². The second-order valence-electron chi connectivity index (χ2n) is 9.55. The number of pyridine rings is 1. The Morgan fingerprint density at radius 2 is 1.83 bits per heavy atom. The summed E-state index contributed by atoms with van der Waals surface area (Å²) in [6.07, 6.45) is 15.2. The highest BCUT2D eigenvalue weighted by Gasteiger charge is 2.19. The third-order valence-electron chi connectivity index (χ3n) is 6.89. The molecule has 1 aromatic heterocycles. The SMILES string of the molecule is CCC/C(=N\c1c(Nc2ccc(/C=C/C(N)NC)cc2)nc2ccccc2c1C)C1CCC=CCC1. The summed E-state index contributed by atoms with van der Waals surface area (Å²) in [6.45, 7) is 4.42. The zero-order chi connectivity index (χ0) is 25.3. The van der Waals surface area contributed by atoms with Gasteiger partial charge >= 0.3 is 0 Å².